The Bertz CT molecular complexity index is 969. The molecule has 1 amide bonds. The molecule has 3 aromatic rings. The number of nitrogens with zero attached hydrogens (tertiary/aromatic N) is 4. The minimum absolute atomic E-state index is 0.115. The second-order valence-corrected chi connectivity index (χ2v) is 6.36. The van der Waals surface area contributed by atoms with Crippen LogP contribution in [0.2, 0.25) is 0 Å². The van der Waals surface area contributed by atoms with Crippen molar-refractivity contribution < 1.29 is 18.8 Å². The molecule has 1 fully saturated rings. The molecule has 0 spiro atoms. The van der Waals surface area contributed by atoms with Gasteiger partial charge >= 0.3 is 5.97 Å². The fraction of sp³-hybridized carbons (Fsp3) is 0.250. The first-order valence-corrected chi connectivity index (χ1v) is 9.03. The summed E-state index contributed by atoms with van der Waals surface area (Å²) in [4.78, 5) is 33.8. The van der Waals surface area contributed by atoms with Gasteiger partial charge in [0.25, 0.3) is 0 Å². The van der Waals surface area contributed by atoms with Crippen molar-refractivity contribution in [3.63, 3.8) is 0 Å². The second kappa shape index (κ2) is 7.99. The van der Waals surface area contributed by atoms with Crippen LogP contribution in [0.1, 0.15) is 25.2 Å². The summed E-state index contributed by atoms with van der Waals surface area (Å²) >= 11 is 0. The molecule has 4 rings (SSSR count). The summed E-state index contributed by atoms with van der Waals surface area (Å²) in [7, 11) is 0. The fourth-order valence-electron chi connectivity index (χ4n) is 2.98. The lowest BCUT2D eigenvalue weighted by atomic mass is 10.2. The van der Waals surface area contributed by atoms with Crippen molar-refractivity contribution in [3.8, 4) is 17.1 Å². The van der Waals surface area contributed by atoms with Gasteiger partial charge in [-0.15, -0.1) is 0 Å². The predicted octanol–water partition coefficient (Wildman–Crippen LogP) is 2.80. The van der Waals surface area contributed by atoms with E-state index < -0.39 is 5.97 Å². The summed E-state index contributed by atoms with van der Waals surface area (Å²) in [5, 5.41) is 3.90. The molecule has 1 aliphatic rings. The number of aryl methyl sites for hydroxylation is 1. The number of carbonyl (C=O) groups is 2. The van der Waals surface area contributed by atoms with Crippen LogP contribution in [-0.2, 0) is 16.0 Å². The Balaban J connectivity index is 1.30. The van der Waals surface area contributed by atoms with Crippen LogP contribution in [-0.4, -0.2) is 33.5 Å². The molecule has 1 aliphatic heterocycles. The van der Waals surface area contributed by atoms with E-state index in [1.807, 2.05) is 0 Å². The van der Waals surface area contributed by atoms with Crippen molar-refractivity contribution in [1.82, 2.24) is 15.1 Å². The van der Waals surface area contributed by atoms with Gasteiger partial charge in [0.05, 0.1) is 6.42 Å². The maximum Gasteiger partial charge on any atom is 0.311 e. The maximum atomic E-state index is 12.1. The van der Waals surface area contributed by atoms with Gasteiger partial charge in [0.1, 0.15) is 5.75 Å². The van der Waals surface area contributed by atoms with E-state index >= 15 is 0 Å². The zero-order valence-corrected chi connectivity index (χ0v) is 15.1. The summed E-state index contributed by atoms with van der Waals surface area (Å²) < 4.78 is 10.5. The molecule has 0 N–H and O–H groups in total. The van der Waals surface area contributed by atoms with Gasteiger partial charge in [-0.25, -0.2) is 0 Å². The Hall–Kier alpha value is -3.55. The van der Waals surface area contributed by atoms with E-state index in [1.54, 1.807) is 53.7 Å². The second-order valence-electron chi connectivity index (χ2n) is 6.36. The first-order valence-electron chi connectivity index (χ1n) is 9.03. The number of amides is 1. The first-order chi connectivity index (χ1) is 13.7. The van der Waals surface area contributed by atoms with E-state index in [9.17, 15) is 9.59 Å². The highest BCUT2D eigenvalue weighted by Gasteiger charge is 2.21. The van der Waals surface area contributed by atoms with Crippen LogP contribution in [0.5, 0.6) is 5.75 Å². The lowest BCUT2D eigenvalue weighted by Gasteiger charge is -2.15. The molecular weight excluding hydrogens is 360 g/mol. The molecule has 0 atom stereocenters. The quantitative estimate of drug-likeness (QED) is 0.480. The van der Waals surface area contributed by atoms with E-state index in [0.29, 0.717) is 23.9 Å². The van der Waals surface area contributed by atoms with Crippen molar-refractivity contribution in [2.75, 3.05) is 11.4 Å². The summed E-state index contributed by atoms with van der Waals surface area (Å²) in [6.45, 7) is 0.726. The van der Waals surface area contributed by atoms with Gasteiger partial charge in [-0.3, -0.25) is 14.6 Å². The molecular formula is C20H18N4O4. The summed E-state index contributed by atoms with van der Waals surface area (Å²) in [6.07, 6.45) is 5.15. The van der Waals surface area contributed by atoms with Crippen molar-refractivity contribution >= 4 is 17.6 Å². The molecule has 1 saturated heterocycles. The van der Waals surface area contributed by atoms with Crippen LogP contribution in [0.4, 0.5) is 5.69 Å². The Morgan fingerprint density at radius 3 is 2.64 bits per heavy atom. The topological polar surface area (TPSA) is 98.4 Å². The molecule has 3 heterocycles. The number of hydrogen-bond donors (Lipinski definition) is 0. The Morgan fingerprint density at radius 2 is 1.93 bits per heavy atom. The highest BCUT2D eigenvalue weighted by atomic mass is 16.5. The van der Waals surface area contributed by atoms with Crippen LogP contribution < -0.4 is 9.64 Å². The average Bonchev–Trinajstić information content (AvgIpc) is 3.37. The standard InChI is InChI=1S/C20H18N4O4/c25-18-2-1-13-24(18)15-3-5-16(6-4-15)27-19(26)8-7-17-22-20(23-28-17)14-9-11-21-12-10-14/h3-6,9-12H,1-2,7-8,13H2. The molecule has 8 heteroatoms. The van der Waals surface area contributed by atoms with E-state index in [4.69, 9.17) is 9.26 Å². The summed E-state index contributed by atoms with van der Waals surface area (Å²) in [5.74, 6) is 0.983. The molecule has 8 nitrogen and oxygen atoms in total. The summed E-state index contributed by atoms with van der Waals surface area (Å²) in [6, 6.07) is 10.5. The van der Waals surface area contributed by atoms with E-state index in [0.717, 1.165) is 24.2 Å². The predicted molar refractivity (Wildman–Crippen MR) is 99.5 cm³/mol. The largest absolute Gasteiger partial charge is 0.427 e. The highest BCUT2D eigenvalue weighted by Crippen LogP contribution is 2.24. The van der Waals surface area contributed by atoms with Gasteiger partial charge in [-0.1, -0.05) is 5.16 Å². The Morgan fingerprint density at radius 1 is 1.14 bits per heavy atom. The molecule has 0 unspecified atom stereocenters. The molecule has 1 aromatic carbocycles. The number of rotatable bonds is 6. The maximum absolute atomic E-state index is 12.1. The smallest absolute Gasteiger partial charge is 0.311 e. The van der Waals surface area contributed by atoms with Crippen LogP contribution >= 0.6 is 0 Å². The number of esters is 1. The zero-order chi connectivity index (χ0) is 19.3. The number of aromatic nitrogens is 3. The minimum Gasteiger partial charge on any atom is -0.427 e. The monoisotopic (exact) mass is 378 g/mol. The van der Waals surface area contributed by atoms with Crippen LogP contribution in [0.15, 0.2) is 53.3 Å². The third-order valence-corrected chi connectivity index (χ3v) is 4.40. The molecule has 0 saturated carbocycles. The first kappa shape index (κ1) is 17.8. The normalized spacial score (nSPS) is 13.7. The van der Waals surface area contributed by atoms with Gasteiger partial charge in [0.15, 0.2) is 0 Å². The van der Waals surface area contributed by atoms with Gasteiger partial charge in [0, 0.05) is 43.0 Å². The zero-order valence-electron chi connectivity index (χ0n) is 15.1. The molecule has 0 aliphatic carbocycles. The number of hydrogen-bond acceptors (Lipinski definition) is 7. The third kappa shape index (κ3) is 4.06. The fourth-order valence-corrected chi connectivity index (χ4v) is 2.98. The average molecular weight is 378 g/mol. The molecule has 0 bridgehead atoms. The number of ether oxygens (including phenoxy) is 1. The van der Waals surface area contributed by atoms with Gasteiger partial charge in [-0.05, 0) is 42.8 Å². The van der Waals surface area contributed by atoms with Crippen molar-refractivity contribution in [3.05, 3.63) is 54.7 Å². The third-order valence-electron chi connectivity index (χ3n) is 4.40. The Kier molecular flexibility index (Phi) is 5.09. The van der Waals surface area contributed by atoms with Gasteiger partial charge in [0.2, 0.25) is 17.6 Å². The SMILES string of the molecule is O=C(CCc1nc(-c2ccncc2)no1)Oc1ccc(N2CCCC2=O)cc1. The lowest BCUT2D eigenvalue weighted by molar-refractivity contribution is -0.134. The van der Waals surface area contributed by atoms with Crippen molar-refractivity contribution in [1.29, 1.82) is 0 Å². The number of pyridine rings is 1. The Labute approximate surface area is 161 Å². The van der Waals surface area contributed by atoms with Gasteiger partial charge in [-0.2, -0.15) is 4.98 Å². The minimum atomic E-state index is -0.395. The van der Waals surface area contributed by atoms with Crippen molar-refractivity contribution in [2.24, 2.45) is 0 Å². The number of benzene rings is 1. The lowest BCUT2D eigenvalue weighted by Crippen LogP contribution is -2.23. The number of anilines is 1. The molecule has 0 radical (unpaired) electrons. The molecule has 142 valence electrons. The number of carbonyl (C=O) groups excluding carboxylic acids is 2. The van der Waals surface area contributed by atoms with Crippen LogP contribution in [0.3, 0.4) is 0 Å². The van der Waals surface area contributed by atoms with E-state index in [2.05, 4.69) is 15.1 Å². The van der Waals surface area contributed by atoms with Crippen molar-refractivity contribution in [2.45, 2.75) is 25.7 Å². The summed E-state index contributed by atoms with van der Waals surface area (Å²) in [5.41, 5.74) is 1.61. The van der Waals surface area contributed by atoms with E-state index in [1.165, 1.54) is 0 Å². The van der Waals surface area contributed by atoms with Crippen LogP contribution in [0.25, 0.3) is 11.4 Å². The van der Waals surface area contributed by atoms with Gasteiger partial charge < -0.3 is 14.2 Å². The highest BCUT2D eigenvalue weighted by molar-refractivity contribution is 5.95. The van der Waals surface area contributed by atoms with E-state index in [-0.39, 0.29) is 18.7 Å². The molecule has 28 heavy (non-hydrogen) atoms. The molecule has 2 aromatic heterocycles. The van der Waals surface area contributed by atoms with Crippen LogP contribution in [0, 0.1) is 0 Å².